The molecular formula is C31H40N2O9. The quantitative estimate of drug-likeness (QED) is 0.359. The molecule has 1 aliphatic carbocycles. The molecule has 2 N–H and O–H groups in total. The van der Waals surface area contributed by atoms with E-state index in [1.165, 1.54) is 16.7 Å². The van der Waals surface area contributed by atoms with Gasteiger partial charge in [-0.2, -0.15) is 0 Å². The molecule has 2 aromatic carbocycles. The lowest BCUT2D eigenvalue weighted by molar-refractivity contribution is -0.134. The van der Waals surface area contributed by atoms with Crippen LogP contribution in [-0.4, -0.2) is 99.5 Å². The Morgan fingerprint density at radius 3 is 1.95 bits per heavy atom. The third-order valence-corrected chi connectivity index (χ3v) is 7.47. The molecule has 0 radical (unpaired) electrons. The molecule has 1 heterocycles. The molecule has 0 fully saturated rings. The van der Waals surface area contributed by atoms with Crippen LogP contribution in [-0.2, 0) is 33.6 Å². The van der Waals surface area contributed by atoms with Crippen LogP contribution in [0.5, 0.6) is 23.0 Å². The minimum Gasteiger partial charge on any atom is -0.493 e. The van der Waals surface area contributed by atoms with Crippen molar-refractivity contribution in [2.45, 2.75) is 31.6 Å². The van der Waals surface area contributed by atoms with Crippen LogP contribution in [0.3, 0.4) is 0 Å². The maximum Gasteiger partial charge on any atom is 0.328 e. The Kier molecular flexibility index (Phi) is 11.6. The van der Waals surface area contributed by atoms with Gasteiger partial charge in [-0.15, -0.1) is 0 Å². The number of hydrogen-bond donors (Lipinski definition) is 2. The van der Waals surface area contributed by atoms with E-state index in [0.717, 1.165) is 68.3 Å². The van der Waals surface area contributed by atoms with Gasteiger partial charge in [-0.25, -0.2) is 9.59 Å². The van der Waals surface area contributed by atoms with Crippen molar-refractivity contribution in [1.82, 2.24) is 9.80 Å². The van der Waals surface area contributed by atoms with Crippen LogP contribution < -0.4 is 18.9 Å². The Morgan fingerprint density at radius 1 is 0.881 bits per heavy atom. The molecule has 1 atom stereocenters. The first-order chi connectivity index (χ1) is 20.1. The van der Waals surface area contributed by atoms with Crippen LogP contribution in [0.2, 0.25) is 0 Å². The number of likely N-dealkylation sites (N-methyl/N-ethyl adjacent to an activating group) is 1. The highest BCUT2D eigenvalue weighted by Gasteiger charge is 2.29. The van der Waals surface area contributed by atoms with Gasteiger partial charge in [-0.1, -0.05) is 0 Å². The lowest BCUT2D eigenvalue weighted by Crippen LogP contribution is -2.36. The highest BCUT2D eigenvalue weighted by Crippen LogP contribution is 2.42. The largest absolute Gasteiger partial charge is 0.493 e. The Bertz CT molecular complexity index is 1290. The summed E-state index contributed by atoms with van der Waals surface area (Å²) in [5.41, 5.74) is 4.91. The number of benzene rings is 2. The maximum atomic E-state index is 12.9. The van der Waals surface area contributed by atoms with Gasteiger partial charge in [0.25, 0.3) is 0 Å². The van der Waals surface area contributed by atoms with Gasteiger partial charge in [0.2, 0.25) is 5.91 Å². The lowest BCUT2D eigenvalue weighted by atomic mass is 9.77. The molecule has 2 aromatic rings. The number of carbonyl (C=O) groups is 3. The van der Waals surface area contributed by atoms with Crippen molar-refractivity contribution in [2.24, 2.45) is 0 Å². The molecule has 0 unspecified atom stereocenters. The van der Waals surface area contributed by atoms with Crippen molar-refractivity contribution in [2.75, 3.05) is 61.7 Å². The number of nitrogens with zero attached hydrogens (tertiary/aromatic N) is 2. The molecule has 42 heavy (non-hydrogen) atoms. The summed E-state index contributed by atoms with van der Waals surface area (Å²) in [6.07, 6.45) is 4.38. The van der Waals surface area contributed by atoms with Gasteiger partial charge in [0, 0.05) is 37.7 Å². The molecular weight excluding hydrogens is 544 g/mol. The third kappa shape index (κ3) is 8.39. The Morgan fingerprint density at radius 2 is 1.40 bits per heavy atom. The number of carboxylic acid groups (broad SMARTS) is 2. The summed E-state index contributed by atoms with van der Waals surface area (Å²) in [4.78, 5) is 36.4. The van der Waals surface area contributed by atoms with Crippen LogP contribution in [0.15, 0.2) is 36.4 Å². The second-order valence-electron chi connectivity index (χ2n) is 10.2. The number of hydrogen-bond acceptors (Lipinski definition) is 8. The topological polar surface area (TPSA) is 135 Å². The van der Waals surface area contributed by atoms with Gasteiger partial charge in [-0.05, 0) is 79.4 Å². The van der Waals surface area contributed by atoms with Gasteiger partial charge < -0.3 is 39.0 Å². The predicted molar refractivity (Wildman–Crippen MR) is 156 cm³/mol. The standard InChI is InChI=1S/C27H36N2O5.C4H4O4/c1-28(17-21-11-20-14-25(33-4)26(34-5)16-22(20)21)8-6-9-29-10-7-18-12-23(31-2)24(32-3)13-19(18)15-27(29)30;5-3(6)1-2-4(7)8/h12-14,16,21H,6-11,15,17H2,1-5H3;1-2H,(H,5,6)(H,7,8)/b;2-1+/t21-;/m1./s1. The molecule has 4 rings (SSSR count). The van der Waals surface area contributed by atoms with E-state index in [2.05, 4.69) is 24.1 Å². The number of aliphatic carboxylic acids is 2. The van der Waals surface area contributed by atoms with Gasteiger partial charge in [-0.3, -0.25) is 4.79 Å². The molecule has 11 heteroatoms. The fourth-order valence-corrected chi connectivity index (χ4v) is 5.29. The van der Waals surface area contributed by atoms with Crippen molar-refractivity contribution in [3.8, 4) is 23.0 Å². The third-order valence-electron chi connectivity index (χ3n) is 7.47. The average Bonchev–Trinajstić information content (AvgIpc) is 3.11. The summed E-state index contributed by atoms with van der Waals surface area (Å²) in [5.74, 6) is 1.18. The number of carbonyl (C=O) groups excluding carboxylic acids is 1. The molecule has 0 aromatic heterocycles. The lowest BCUT2D eigenvalue weighted by Gasteiger charge is -2.34. The van der Waals surface area contributed by atoms with Gasteiger partial charge >= 0.3 is 11.9 Å². The molecule has 0 saturated carbocycles. The summed E-state index contributed by atoms with van der Waals surface area (Å²) in [7, 11) is 8.79. The van der Waals surface area contributed by atoms with Crippen molar-refractivity contribution in [1.29, 1.82) is 0 Å². The highest BCUT2D eigenvalue weighted by atomic mass is 16.5. The van der Waals surface area contributed by atoms with Crippen molar-refractivity contribution < 1.29 is 43.5 Å². The number of methoxy groups -OCH3 is 4. The maximum absolute atomic E-state index is 12.9. The fraction of sp³-hybridized carbons (Fsp3) is 0.452. The number of carboxylic acids is 2. The number of amides is 1. The SMILES string of the molecule is COc1cc2c(cc1OC)CC(=O)N(CCCN(C)C[C@H]1Cc3cc(OC)c(OC)cc31)CC2.O=C(O)/C=C/C(=O)O. The zero-order chi connectivity index (χ0) is 30.8. The second-order valence-corrected chi connectivity index (χ2v) is 10.2. The van der Waals surface area contributed by atoms with Crippen LogP contribution in [0, 0.1) is 0 Å². The molecule has 228 valence electrons. The first kappa shape index (κ1) is 32.3. The highest BCUT2D eigenvalue weighted by molar-refractivity contribution is 5.89. The second kappa shape index (κ2) is 15.1. The predicted octanol–water partition coefficient (Wildman–Crippen LogP) is 3.02. The Balaban J connectivity index is 0.000000531. The summed E-state index contributed by atoms with van der Waals surface area (Å²) >= 11 is 0. The van der Waals surface area contributed by atoms with E-state index in [-0.39, 0.29) is 5.91 Å². The zero-order valence-electron chi connectivity index (χ0n) is 24.8. The van der Waals surface area contributed by atoms with E-state index in [4.69, 9.17) is 29.2 Å². The van der Waals surface area contributed by atoms with E-state index in [1.807, 2.05) is 17.0 Å². The van der Waals surface area contributed by atoms with E-state index >= 15 is 0 Å². The van der Waals surface area contributed by atoms with Crippen molar-refractivity contribution >= 4 is 17.8 Å². The average molecular weight is 585 g/mol. The summed E-state index contributed by atoms with van der Waals surface area (Å²) in [6, 6.07) is 8.18. The number of ether oxygens (including phenoxy) is 4. The molecule has 0 saturated heterocycles. The van der Waals surface area contributed by atoms with E-state index in [0.29, 0.717) is 30.2 Å². The number of rotatable bonds is 12. The molecule has 1 amide bonds. The summed E-state index contributed by atoms with van der Waals surface area (Å²) in [6.45, 7) is 3.47. The molecule has 0 spiro atoms. The minimum absolute atomic E-state index is 0.183. The van der Waals surface area contributed by atoms with E-state index in [1.54, 1.807) is 28.4 Å². The van der Waals surface area contributed by atoms with Gasteiger partial charge in [0.1, 0.15) is 0 Å². The molecule has 1 aliphatic heterocycles. The summed E-state index contributed by atoms with van der Waals surface area (Å²) < 4.78 is 21.7. The number of fused-ring (bicyclic) bond motifs is 2. The van der Waals surface area contributed by atoms with Crippen LogP contribution in [0.25, 0.3) is 0 Å². The minimum atomic E-state index is -1.26. The van der Waals surface area contributed by atoms with E-state index < -0.39 is 11.9 Å². The van der Waals surface area contributed by atoms with Gasteiger partial charge in [0.15, 0.2) is 23.0 Å². The molecule has 0 bridgehead atoms. The first-order valence-corrected chi connectivity index (χ1v) is 13.7. The first-order valence-electron chi connectivity index (χ1n) is 13.7. The summed E-state index contributed by atoms with van der Waals surface area (Å²) in [5, 5.41) is 15.6. The van der Waals surface area contributed by atoms with Crippen molar-refractivity contribution in [3.05, 3.63) is 58.7 Å². The van der Waals surface area contributed by atoms with E-state index in [9.17, 15) is 14.4 Å². The van der Waals surface area contributed by atoms with Crippen LogP contribution >= 0.6 is 0 Å². The van der Waals surface area contributed by atoms with Gasteiger partial charge in [0.05, 0.1) is 34.9 Å². The van der Waals surface area contributed by atoms with Crippen molar-refractivity contribution in [3.63, 3.8) is 0 Å². The normalized spacial score (nSPS) is 15.5. The van der Waals surface area contributed by atoms with Crippen LogP contribution in [0.1, 0.15) is 34.6 Å². The fourth-order valence-electron chi connectivity index (χ4n) is 5.29. The molecule has 11 nitrogen and oxygen atoms in total. The molecule has 2 aliphatic rings. The Labute approximate surface area is 246 Å². The van der Waals surface area contributed by atoms with Crippen LogP contribution in [0.4, 0.5) is 0 Å². The zero-order valence-corrected chi connectivity index (χ0v) is 24.8. The Hall–Kier alpha value is -4.25. The monoisotopic (exact) mass is 584 g/mol. The smallest absolute Gasteiger partial charge is 0.328 e.